The first-order valence-corrected chi connectivity index (χ1v) is 7.82. The number of nitrogens with zero attached hydrogens (tertiary/aromatic N) is 4. The Bertz CT molecular complexity index is 866. The van der Waals surface area contributed by atoms with Crippen molar-refractivity contribution >= 4 is 28.4 Å². The third-order valence-electron chi connectivity index (χ3n) is 3.36. The molecule has 112 valence electrons. The molecule has 0 saturated carbocycles. The van der Waals surface area contributed by atoms with E-state index < -0.39 is 0 Å². The number of fused-ring (bicyclic) bond motifs is 2. The van der Waals surface area contributed by atoms with Crippen molar-refractivity contribution in [2.75, 3.05) is 6.79 Å². The summed E-state index contributed by atoms with van der Waals surface area (Å²) in [5.41, 5.74) is 1.04. The normalized spacial score (nSPS) is 13.8. The van der Waals surface area contributed by atoms with Gasteiger partial charge in [0.1, 0.15) is 5.01 Å². The van der Waals surface area contributed by atoms with Crippen molar-refractivity contribution in [3.05, 3.63) is 34.6 Å². The summed E-state index contributed by atoms with van der Waals surface area (Å²) in [7, 11) is 0. The van der Waals surface area contributed by atoms with E-state index in [4.69, 9.17) is 9.47 Å². The standard InChI is InChI=1S/C15H14N4O2S/c1-9(2)14-16-17-15-19(14)18-13(22-15)6-4-10-3-5-11-12(7-10)21-8-20-11/h3-7,9H,8H2,1-2H3. The van der Waals surface area contributed by atoms with E-state index in [-0.39, 0.29) is 6.79 Å². The van der Waals surface area contributed by atoms with Crippen LogP contribution in [0, 0.1) is 0 Å². The SMILES string of the molecule is CC(C)c1nnc2sc(C=Cc3ccc4c(c3)OCO4)nn12. The van der Waals surface area contributed by atoms with Gasteiger partial charge in [0, 0.05) is 5.92 Å². The molecule has 22 heavy (non-hydrogen) atoms. The zero-order chi connectivity index (χ0) is 15.1. The molecule has 0 saturated heterocycles. The van der Waals surface area contributed by atoms with Crippen molar-refractivity contribution in [3.63, 3.8) is 0 Å². The molecule has 0 N–H and O–H groups in total. The zero-order valence-electron chi connectivity index (χ0n) is 12.2. The molecule has 0 bridgehead atoms. The average Bonchev–Trinajstić information content (AvgIpc) is 3.18. The minimum absolute atomic E-state index is 0.289. The molecule has 0 amide bonds. The Morgan fingerprint density at radius 3 is 2.91 bits per heavy atom. The molecule has 1 aliphatic rings. The van der Waals surface area contributed by atoms with Crippen LogP contribution in [0.25, 0.3) is 17.1 Å². The summed E-state index contributed by atoms with van der Waals surface area (Å²) in [6.07, 6.45) is 3.98. The number of ether oxygens (including phenoxy) is 2. The van der Waals surface area contributed by atoms with Crippen molar-refractivity contribution < 1.29 is 9.47 Å². The van der Waals surface area contributed by atoms with Gasteiger partial charge in [-0.25, -0.2) is 0 Å². The second-order valence-corrected chi connectivity index (χ2v) is 6.28. The van der Waals surface area contributed by atoms with Crippen LogP contribution in [0.1, 0.15) is 36.2 Å². The summed E-state index contributed by atoms with van der Waals surface area (Å²) in [5.74, 6) is 2.75. The molecule has 1 aromatic carbocycles. The first-order valence-electron chi connectivity index (χ1n) is 7.00. The van der Waals surface area contributed by atoms with E-state index >= 15 is 0 Å². The lowest BCUT2D eigenvalue weighted by Gasteiger charge is -1.97. The first kappa shape index (κ1) is 13.3. The van der Waals surface area contributed by atoms with E-state index in [0.29, 0.717) is 5.92 Å². The fourth-order valence-electron chi connectivity index (χ4n) is 2.26. The largest absolute Gasteiger partial charge is 0.454 e. The highest BCUT2D eigenvalue weighted by Crippen LogP contribution is 2.33. The van der Waals surface area contributed by atoms with Gasteiger partial charge in [-0.05, 0) is 23.8 Å². The molecule has 0 atom stereocenters. The van der Waals surface area contributed by atoms with Gasteiger partial charge in [-0.1, -0.05) is 37.3 Å². The third-order valence-corrected chi connectivity index (χ3v) is 4.23. The molecule has 0 spiro atoms. The predicted molar refractivity (Wildman–Crippen MR) is 84.2 cm³/mol. The molecular weight excluding hydrogens is 300 g/mol. The Morgan fingerprint density at radius 1 is 1.18 bits per heavy atom. The van der Waals surface area contributed by atoms with Crippen LogP contribution in [0.4, 0.5) is 0 Å². The number of benzene rings is 1. The van der Waals surface area contributed by atoms with Gasteiger partial charge in [0.05, 0.1) is 0 Å². The molecule has 3 heterocycles. The Morgan fingerprint density at radius 2 is 2.05 bits per heavy atom. The summed E-state index contributed by atoms with van der Waals surface area (Å²) >= 11 is 1.52. The molecule has 0 fully saturated rings. The van der Waals surface area contributed by atoms with Crippen molar-refractivity contribution in [2.45, 2.75) is 19.8 Å². The van der Waals surface area contributed by atoms with Crippen LogP contribution in [0.3, 0.4) is 0 Å². The first-order chi connectivity index (χ1) is 10.7. The number of hydrogen-bond acceptors (Lipinski definition) is 6. The van der Waals surface area contributed by atoms with Crippen LogP contribution >= 0.6 is 11.3 Å². The summed E-state index contributed by atoms with van der Waals surface area (Å²) in [6, 6.07) is 5.86. The van der Waals surface area contributed by atoms with Gasteiger partial charge in [-0.15, -0.1) is 10.2 Å². The number of aromatic nitrogens is 4. The smallest absolute Gasteiger partial charge is 0.234 e. The highest BCUT2D eigenvalue weighted by Gasteiger charge is 2.14. The van der Waals surface area contributed by atoms with Crippen LogP contribution in [-0.2, 0) is 0 Å². The maximum Gasteiger partial charge on any atom is 0.234 e. The van der Waals surface area contributed by atoms with Crippen LogP contribution in [0.5, 0.6) is 11.5 Å². The quantitative estimate of drug-likeness (QED) is 0.743. The van der Waals surface area contributed by atoms with Crippen LogP contribution in [0.15, 0.2) is 18.2 Å². The summed E-state index contributed by atoms with van der Waals surface area (Å²) in [5, 5.41) is 13.8. The molecular formula is C15H14N4O2S. The van der Waals surface area contributed by atoms with E-state index in [0.717, 1.165) is 32.9 Å². The van der Waals surface area contributed by atoms with Crippen molar-refractivity contribution in [3.8, 4) is 11.5 Å². The molecule has 1 aliphatic heterocycles. The molecule has 0 unspecified atom stereocenters. The average molecular weight is 314 g/mol. The summed E-state index contributed by atoms with van der Waals surface area (Å²) in [6.45, 7) is 4.45. The number of hydrogen-bond donors (Lipinski definition) is 0. The maximum atomic E-state index is 5.38. The van der Waals surface area contributed by atoms with E-state index in [1.54, 1.807) is 0 Å². The van der Waals surface area contributed by atoms with Gasteiger partial charge in [-0.3, -0.25) is 0 Å². The van der Waals surface area contributed by atoms with Crippen molar-refractivity contribution in [1.82, 2.24) is 19.8 Å². The topological polar surface area (TPSA) is 61.5 Å². The van der Waals surface area contributed by atoms with E-state index in [2.05, 4.69) is 29.1 Å². The van der Waals surface area contributed by atoms with Crippen molar-refractivity contribution in [2.24, 2.45) is 0 Å². The Hall–Kier alpha value is -2.41. The van der Waals surface area contributed by atoms with E-state index in [1.165, 1.54) is 11.3 Å². The van der Waals surface area contributed by atoms with E-state index in [1.807, 2.05) is 34.9 Å². The Balaban J connectivity index is 1.62. The maximum absolute atomic E-state index is 5.38. The molecule has 4 rings (SSSR count). The fourth-order valence-corrected chi connectivity index (χ4v) is 3.01. The Kier molecular flexibility index (Phi) is 3.07. The van der Waals surface area contributed by atoms with Gasteiger partial charge in [0.15, 0.2) is 17.3 Å². The third kappa shape index (κ3) is 2.23. The van der Waals surface area contributed by atoms with Crippen LogP contribution in [-0.4, -0.2) is 26.6 Å². The lowest BCUT2D eigenvalue weighted by Crippen LogP contribution is -1.97. The highest BCUT2D eigenvalue weighted by atomic mass is 32.1. The minimum atomic E-state index is 0.289. The van der Waals surface area contributed by atoms with E-state index in [9.17, 15) is 0 Å². The van der Waals surface area contributed by atoms with Crippen LogP contribution in [0.2, 0.25) is 0 Å². The lowest BCUT2D eigenvalue weighted by atomic mass is 10.2. The molecule has 3 aromatic rings. The fraction of sp³-hybridized carbons (Fsp3) is 0.267. The van der Waals surface area contributed by atoms with Gasteiger partial charge in [0.25, 0.3) is 0 Å². The molecule has 0 radical (unpaired) electrons. The monoisotopic (exact) mass is 314 g/mol. The minimum Gasteiger partial charge on any atom is -0.454 e. The van der Waals surface area contributed by atoms with Crippen molar-refractivity contribution in [1.29, 1.82) is 0 Å². The second-order valence-electron chi connectivity index (χ2n) is 5.29. The van der Waals surface area contributed by atoms with Gasteiger partial charge < -0.3 is 9.47 Å². The summed E-state index contributed by atoms with van der Waals surface area (Å²) in [4.78, 5) is 0.814. The number of rotatable bonds is 3. The zero-order valence-corrected chi connectivity index (χ0v) is 13.0. The molecule has 7 heteroatoms. The summed E-state index contributed by atoms with van der Waals surface area (Å²) < 4.78 is 12.5. The Labute approximate surface area is 131 Å². The second kappa shape index (κ2) is 5.10. The predicted octanol–water partition coefficient (Wildman–Crippen LogP) is 3.21. The highest BCUT2D eigenvalue weighted by molar-refractivity contribution is 7.17. The molecule has 6 nitrogen and oxygen atoms in total. The lowest BCUT2D eigenvalue weighted by molar-refractivity contribution is 0.174. The molecule has 0 aliphatic carbocycles. The van der Waals surface area contributed by atoms with Gasteiger partial charge >= 0.3 is 0 Å². The van der Waals surface area contributed by atoms with Crippen LogP contribution < -0.4 is 9.47 Å². The van der Waals surface area contributed by atoms with Gasteiger partial charge in [-0.2, -0.15) is 9.61 Å². The molecule has 2 aromatic heterocycles. The van der Waals surface area contributed by atoms with Gasteiger partial charge in [0.2, 0.25) is 11.8 Å².